The van der Waals surface area contributed by atoms with Crippen LogP contribution in [-0.4, -0.2) is 65.7 Å². The SMILES string of the molecule is CN(CCO)CCN1C(=O)NC(C)(C)C1=O. The normalized spacial score (nSPS) is 19.4. The number of urea groups is 1. The zero-order chi connectivity index (χ0) is 12.3. The molecule has 1 aliphatic rings. The van der Waals surface area contributed by atoms with Crippen molar-refractivity contribution >= 4 is 11.9 Å². The Morgan fingerprint density at radius 1 is 1.38 bits per heavy atom. The van der Waals surface area contributed by atoms with Gasteiger partial charge in [0.15, 0.2) is 0 Å². The van der Waals surface area contributed by atoms with Crippen LogP contribution in [-0.2, 0) is 4.79 Å². The molecule has 2 N–H and O–H groups in total. The van der Waals surface area contributed by atoms with Gasteiger partial charge in [-0.3, -0.25) is 9.69 Å². The maximum Gasteiger partial charge on any atom is 0.325 e. The first-order chi connectivity index (χ1) is 7.38. The van der Waals surface area contributed by atoms with Crippen molar-refractivity contribution in [3.05, 3.63) is 0 Å². The number of carbonyl (C=O) groups excluding carboxylic acids is 2. The van der Waals surface area contributed by atoms with Gasteiger partial charge in [-0.2, -0.15) is 0 Å². The van der Waals surface area contributed by atoms with Gasteiger partial charge in [-0.15, -0.1) is 0 Å². The molecule has 6 nitrogen and oxygen atoms in total. The Kier molecular flexibility index (Phi) is 3.88. The fraction of sp³-hybridized carbons (Fsp3) is 0.800. The van der Waals surface area contributed by atoms with E-state index in [2.05, 4.69) is 5.32 Å². The van der Waals surface area contributed by atoms with Gasteiger partial charge in [0.2, 0.25) is 0 Å². The van der Waals surface area contributed by atoms with Crippen molar-refractivity contribution in [2.75, 3.05) is 33.3 Å². The molecule has 0 spiro atoms. The van der Waals surface area contributed by atoms with Crippen LogP contribution in [0.2, 0.25) is 0 Å². The second-order valence-corrected chi connectivity index (χ2v) is 4.54. The molecular weight excluding hydrogens is 210 g/mol. The Morgan fingerprint density at radius 2 is 2.00 bits per heavy atom. The Hall–Kier alpha value is -1.14. The molecule has 0 atom stereocenters. The number of hydrogen-bond donors (Lipinski definition) is 2. The van der Waals surface area contributed by atoms with Gasteiger partial charge in [0, 0.05) is 19.6 Å². The third-order valence-electron chi connectivity index (χ3n) is 2.63. The quantitative estimate of drug-likeness (QED) is 0.608. The number of hydrogen-bond acceptors (Lipinski definition) is 4. The standard InChI is InChI=1S/C10H19N3O3/c1-10(2)8(15)13(9(16)11-10)5-4-12(3)6-7-14/h14H,4-7H2,1-3H3,(H,11,16). The van der Waals surface area contributed by atoms with Crippen molar-refractivity contribution in [1.29, 1.82) is 0 Å². The smallest absolute Gasteiger partial charge is 0.325 e. The number of aliphatic hydroxyl groups is 1. The third kappa shape index (κ3) is 2.70. The van der Waals surface area contributed by atoms with Crippen LogP contribution in [0.1, 0.15) is 13.8 Å². The van der Waals surface area contributed by atoms with Crippen molar-refractivity contribution in [1.82, 2.24) is 15.1 Å². The Labute approximate surface area is 95.2 Å². The van der Waals surface area contributed by atoms with E-state index in [4.69, 9.17) is 5.11 Å². The lowest BCUT2D eigenvalue weighted by Crippen LogP contribution is -2.41. The monoisotopic (exact) mass is 229 g/mol. The highest BCUT2D eigenvalue weighted by molar-refractivity contribution is 6.06. The summed E-state index contributed by atoms with van der Waals surface area (Å²) in [5.74, 6) is -0.199. The number of carbonyl (C=O) groups is 2. The Morgan fingerprint density at radius 3 is 2.44 bits per heavy atom. The Bertz CT molecular complexity index is 291. The van der Waals surface area contributed by atoms with Crippen LogP contribution < -0.4 is 5.32 Å². The first-order valence-electron chi connectivity index (χ1n) is 5.32. The zero-order valence-corrected chi connectivity index (χ0v) is 9.99. The van der Waals surface area contributed by atoms with Gasteiger partial charge in [-0.25, -0.2) is 4.79 Å². The van der Waals surface area contributed by atoms with E-state index in [9.17, 15) is 9.59 Å². The molecule has 0 aromatic rings. The van der Waals surface area contributed by atoms with E-state index in [0.29, 0.717) is 19.6 Å². The van der Waals surface area contributed by atoms with Crippen LogP contribution in [0.25, 0.3) is 0 Å². The molecule has 1 fully saturated rings. The van der Waals surface area contributed by atoms with Gasteiger partial charge in [-0.05, 0) is 20.9 Å². The number of imide groups is 1. The molecule has 1 rings (SSSR count). The molecule has 92 valence electrons. The number of aliphatic hydroxyl groups excluding tert-OH is 1. The van der Waals surface area contributed by atoms with Crippen LogP contribution >= 0.6 is 0 Å². The van der Waals surface area contributed by atoms with Crippen molar-refractivity contribution in [2.45, 2.75) is 19.4 Å². The summed E-state index contributed by atoms with van der Waals surface area (Å²) < 4.78 is 0. The highest BCUT2D eigenvalue weighted by atomic mass is 16.3. The van der Waals surface area contributed by atoms with Crippen molar-refractivity contribution in [3.8, 4) is 0 Å². The lowest BCUT2D eigenvalue weighted by Gasteiger charge is -2.20. The summed E-state index contributed by atoms with van der Waals surface area (Å²) in [6, 6.07) is -0.340. The van der Waals surface area contributed by atoms with Gasteiger partial charge >= 0.3 is 6.03 Å². The number of amides is 3. The minimum Gasteiger partial charge on any atom is -0.395 e. The molecule has 1 heterocycles. The molecule has 3 amide bonds. The summed E-state index contributed by atoms with van der Waals surface area (Å²) >= 11 is 0. The molecular formula is C10H19N3O3. The first-order valence-corrected chi connectivity index (χ1v) is 5.32. The summed E-state index contributed by atoms with van der Waals surface area (Å²) in [6.45, 7) is 4.89. The number of likely N-dealkylation sites (N-methyl/N-ethyl adjacent to an activating group) is 1. The van der Waals surface area contributed by atoms with Crippen LogP contribution in [0.4, 0.5) is 4.79 Å². The van der Waals surface area contributed by atoms with Crippen molar-refractivity contribution in [2.24, 2.45) is 0 Å². The second-order valence-electron chi connectivity index (χ2n) is 4.54. The predicted octanol–water partition coefficient (Wildman–Crippen LogP) is -0.759. The zero-order valence-electron chi connectivity index (χ0n) is 9.99. The Balaban J connectivity index is 2.49. The molecule has 0 radical (unpaired) electrons. The molecule has 0 bridgehead atoms. The lowest BCUT2D eigenvalue weighted by atomic mass is 10.1. The van der Waals surface area contributed by atoms with Gasteiger partial charge < -0.3 is 15.3 Å². The molecule has 16 heavy (non-hydrogen) atoms. The fourth-order valence-electron chi connectivity index (χ4n) is 1.57. The van der Waals surface area contributed by atoms with E-state index in [1.165, 1.54) is 4.90 Å². The molecule has 6 heteroatoms. The van der Waals surface area contributed by atoms with E-state index < -0.39 is 5.54 Å². The predicted molar refractivity (Wildman–Crippen MR) is 58.9 cm³/mol. The van der Waals surface area contributed by atoms with Crippen LogP contribution in [0, 0.1) is 0 Å². The van der Waals surface area contributed by atoms with E-state index in [-0.39, 0.29) is 18.5 Å². The molecule has 1 aliphatic heterocycles. The van der Waals surface area contributed by atoms with Gasteiger partial charge in [0.05, 0.1) is 6.61 Å². The van der Waals surface area contributed by atoms with E-state index in [1.54, 1.807) is 13.8 Å². The largest absolute Gasteiger partial charge is 0.395 e. The minimum atomic E-state index is -0.799. The average molecular weight is 229 g/mol. The van der Waals surface area contributed by atoms with E-state index in [1.807, 2.05) is 11.9 Å². The first kappa shape index (κ1) is 12.9. The molecule has 1 saturated heterocycles. The van der Waals surface area contributed by atoms with Crippen LogP contribution in [0.15, 0.2) is 0 Å². The highest BCUT2D eigenvalue weighted by Gasteiger charge is 2.43. The molecule has 0 aromatic carbocycles. The lowest BCUT2D eigenvalue weighted by molar-refractivity contribution is -0.130. The molecule has 0 aliphatic carbocycles. The fourth-order valence-corrected chi connectivity index (χ4v) is 1.57. The van der Waals surface area contributed by atoms with Crippen molar-refractivity contribution in [3.63, 3.8) is 0 Å². The summed E-state index contributed by atoms with van der Waals surface area (Å²) in [4.78, 5) is 26.4. The maximum atomic E-state index is 11.8. The second kappa shape index (κ2) is 4.80. The summed E-state index contributed by atoms with van der Waals surface area (Å²) in [5.41, 5.74) is -0.799. The van der Waals surface area contributed by atoms with Crippen molar-refractivity contribution < 1.29 is 14.7 Å². The molecule has 0 unspecified atom stereocenters. The number of rotatable bonds is 5. The molecule has 0 aromatic heterocycles. The number of nitrogens with one attached hydrogen (secondary N) is 1. The maximum absolute atomic E-state index is 11.8. The van der Waals surface area contributed by atoms with Crippen LogP contribution in [0.3, 0.4) is 0 Å². The number of nitrogens with zero attached hydrogens (tertiary/aromatic N) is 2. The summed E-state index contributed by atoms with van der Waals surface area (Å²) in [7, 11) is 1.83. The van der Waals surface area contributed by atoms with Crippen LogP contribution in [0.5, 0.6) is 0 Å². The molecule has 0 saturated carbocycles. The third-order valence-corrected chi connectivity index (χ3v) is 2.63. The minimum absolute atomic E-state index is 0.0716. The van der Waals surface area contributed by atoms with E-state index >= 15 is 0 Å². The van der Waals surface area contributed by atoms with E-state index in [0.717, 1.165) is 0 Å². The summed E-state index contributed by atoms with van der Waals surface area (Å²) in [5, 5.41) is 11.3. The van der Waals surface area contributed by atoms with Gasteiger partial charge in [-0.1, -0.05) is 0 Å². The highest BCUT2D eigenvalue weighted by Crippen LogP contribution is 2.15. The average Bonchev–Trinajstić information content (AvgIpc) is 2.35. The van der Waals surface area contributed by atoms with Gasteiger partial charge in [0.1, 0.15) is 5.54 Å². The summed E-state index contributed by atoms with van der Waals surface area (Å²) in [6.07, 6.45) is 0. The topological polar surface area (TPSA) is 72.9 Å². The van der Waals surface area contributed by atoms with Gasteiger partial charge in [0.25, 0.3) is 5.91 Å².